The lowest BCUT2D eigenvalue weighted by Gasteiger charge is -2.09. The highest BCUT2D eigenvalue weighted by atomic mass is 79.9. The Labute approximate surface area is 127 Å². The van der Waals surface area contributed by atoms with Crippen molar-refractivity contribution in [2.75, 3.05) is 13.7 Å². The lowest BCUT2D eigenvalue weighted by atomic mass is 10.2. The van der Waals surface area contributed by atoms with Crippen LogP contribution in [0.4, 0.5) is 0 Å². The minimum absolute atomic E-state index is 0.0533. The van der Waals surface area contributed by atoms with Crippen LogP contribution in [0, 0.1) is 0 Å². The van der Waals surface area contributed by atoms with E-state index < -0.39 is 16.0 Å². The molecule has 0 amide bonds. The number of esters is 1. The lowest BCUT2D eigenvalue weighted by Crippen LogP contribution is -2.25. The van der Waals surface area contributed by atoms with Crippen molar-refractivity contribution in [1.29, 1.82) is 0 Å². The van der Waals surface area contributed by atoms with Crippen molar-refractivity contribution in [3.63, 3.8) is 0 Å². The number of benzene rings is 1. The van der Waals surface area contributed by atoms with Gasteiger partial charge in [-0.25, -0.2) is 17.9 Å². The zero-order valence-corrected chi connectivity index (χ0v) is 13.9. The summed E-state index contributed by atoms with van der Waals surface area (Å²) < 4.78 is 31.8. The molecule has 0 fully saturated rings. The van der Waals surface area contributed by atoms with Crippen molar-refractivity contribution < 1.29 is 17.9 Å². The predicted molar refractivity (Wildman–Crippen MR) is 80.2 cm³/mol. The summed E-state index contributed by atoms with van der Waals surface area (Å²) in [5.74, 6) is -0.583. The van der Waals surface area contributed by atoms with Gasteiger partial charge in [-0.15, -0.1) is 0 Å². The summed E-state index contributed by atoms with van der Waals surface area (Å²) in [6.45, 7) is 2.44. The van der Waals surface area contributed by atoms with Gasteiger partial charge in [0.05, 0.1) is 17.6 Å². The third kappa shape index (κ3) is 4.57. The fraction of sp³-hybridized carbons (Fsp3) is 0.462. The highest BCUT2D eigenvalue weighted by Gasteiger charge is 2.18. The molecule has 1 N–H and O–H groups in total. The monoisotopic (exact) mass is 363 g/mol. The number of carbonyl (C=O) groups is 1. The fourth-order valence-electron chi connectivity index (χ4n) is 1.60. The molecule has 0 aliphatic carbocycles. The Morgan fingerprint density at radius 2 is 2.05 bits per heavy atom. The summed E-state index contributed by atoms with van der Waals surface area (Å²) in [7, 11) is -2.35. The van der Waals surface area contributed by atoms with Crippen molar-refractivity contribution in [2.45, 2.75) is 31.1 Å². The van der Waals surface area contributed by atoms with Crippen LogP contribution in [0.15, 0.2) is 27.6 Å². The quantitative estimate of drug-likeness (QED) is 0.597. The molecule has 0 heterocycles. The first-order valence-corrected chi connectivity index (χ1v) is 8.57. The molecule has 0 saturated carbocycles. The van der Waals surface area contributed by atoms with Gasteiger partial charge in [0.15, 0.2) is 0 Å². The van der Waals surface area contributed by atoms with Crippen LogP contribution in [0.5, 0.6) is 0 Å². The van der Waals surface area contributed by atoms with Crippen LogP contribution in [-0.4, -0.2) is 28.0 Å². The first-order chi connectivity index (χ1) is 9.42. The zero-order chi connectivity index (χ0) is 15.2. The first-order valence-electron chi connectivity index (χ1n) is 6.30. The van der Waals surface area contributed by atoms with E-state index in [0.717, 1.165) is 19.3 Å². The summed E-state index contributed by atoms with van der Waals surface area (Å²) in [4.78, 5) is 11.6. The Balaban J connectivity index is 2.93. The second-order valence-electron chi connectivity index (χ2n) is 4.24. The molecule has 0 aliphatic rings. The van der Waals surface area contributed by atoms with Gasteiger partial charge in [0.1, 0.15) is 0 Å². The van der Waals surface area contributed by atoms with Crippen molar-refractivity contribution >= 4 is 31.9 Å². The summed E-state index contributed by atoms with van der Waals surface area (Å²) >= 11 is 3.20. The van der Waals surface area contributed by atoms with E-state index in [-0.39, 0.29) is 10.5 Å². The van der Waals surface area contributed by atoms with Crippen LogP contribution < -0.4 is 4.72 Å². The van der Waals surface area contributed by atoms with Crippen LogP contribution in [0.3, 0.4) is 0 Å². The third-order valence-corrected chi connectivity index (χ3v) is 4.88. The van der Waals surface area contributed by atoms with Crippen molar-refractivity contribution in [1.82, 2.24) is 4.72 Å². The molecule has 0 bridgehead atoms. The number of rotatable bonds is 7. The number of carbonyl (C=O) groups excluding carboxylic acids is 1. The zero-order valence-electron chi connectivity index (χ0n) is 11.5. The van der Waals surface area contributed by atoms with Gasteiger partial charge in [-0.1, -0.05) is 19.8 Å². The molecule has 0 aromatic heterocycles. The van der Waals surface area contributed by atoms with E-state index in [1.165, 1.54) is 25.3 Å². The van der Waals surface area contributed by atoms with Crippen LogP contribution in [-0.2, 0) is 14.8 Å². The van der Waals surface area contributed by atoms with Gasteiger partial charge in [-0.3, -0.25) is 0 Å². The molecule has 20 heavy (non-hydrogen) atoms. The van der Waals surface area contributed by atoms with Crippen LogP contribution in [0.1, 0.15) is 36.5 Å². The van der Waals surface area contributed by atoms with Gasteiger partial charge in [-0.05, 0) is 40.5 Å². The van der Waals surface area contributed by atoms with Gasteiger partial charge in [0.2, 0.25) is 10.0 Å². The number of nitrogens with one attached hydrogen (secondary N) is 1. The van der Waals surface area contributed by atoms with E-state index in [4.69, 9.17) is 0 Å². The SMILES string of the molecule is CCCCCNS(=O)(=O)c1ccc(Br)c(C(=O)OC)c1. The maximum atomic E-state index is 12.1. The fourth-order valence-corrected chi connectivity index (χ4v) is 3.11. The maximum absolute atomic E-state index is 12.1. The topological polar surface area (TPSA) is 72.5 Å². The van der Waals surface area contributed by atoms with E-state index in [2.05, 4.69) is 25.4 Å². The molecule has 1 aromatic carbocycles. The Bertz CT molecular complexity index is 572. The number of hydrogen-bond donors (Lipinski definition) is 1. The molecular weight excluding hydrogens is 346 g/mol. The normalized spacial score (nSPS) is 11.3. The standard InChI is InChI=1S/C13H18BrNO4S/c1-3-4-5-8-15-20(17,18)10-6-7-12(14)11(9-10)13(16)19-2/h6-7,9,15H,3-5,8H2,1-2H3. The lowest BCUT2D eigenvalue weighted by molar-refractivity contribution is 0.0599. The van der Waals surface area contributed by atoms with Crippen molar-refractivity contribution in [2.24, 2.45) is 0 Å². The van der Waals surface area contributed by atoms with Crippen LogP contribution >= 0.6 is 15.9 Å². The highest BCUT2D eigenvalue weighted by Crippen LogP contribution is 2.21. The van der Waals surface area contributed by atoms with E-state index in [9.17, 15) is 13.2 Å². The second-order valence-corrected chi connectivity index (χ2v) is 6.86. The molecule has 0 atom stereocenters. The third-order valence-electron chi connectivity index (χ3n) is 2.73. The Morgan fingerprint density at radius 3 is 2.65 bits per heavy atom. The molecule has 7 heteroatoms. The first kappa shape index (κ1) is 17.1. The van der Waals surface area contributed by atoms with E-state index in [0.29, 0.717) is 11.0 Å². The summed E-state index contributed by atoms with van der Waals surface area (Å²) in [6, 6.07) is 4.27. The molecule has 1 rings (SSSR count). The van der Waals surface area contributed by atoms with Gasteiger partial charge in [0.25, 0.3) is 0 Å². The second kappa shape index (κ2) is 7.75. The number of unbranched alkanes of at least 4 members (excludes halogenated alkanes) is 2. The average Bonchev–Trinajstić information content (AvgIpc) is 2.43. The minimum atomic E-state index is -3.60. The number of ether oxygens (including phenoxy) is 1. The Hall–Kier alpha value is -0.920. The number of hydrogen-bond acceptors (Lipinski definition) is 4. The molecular formula is C13H18BrNO4S. The van der Waals surface area contributed by atoms with Crippen LogP contribution in [0.25, 0.3) is 0 Å². The molecule has 0 aliphatic heterocycles. The van der Waals surface area contributed by atoms with Gasteiger partial charge < -0.3 is 4.74 Å². The molecule has 0 unspecified atom stereocenters. The molecule has 112 valence electrons. The van der Waals surface area contributed by atoms with E-state index >= 15 is 0 Å². The van der Waals surface area contributed by atoms with Gasteiger partial charge >= 0.3 is 5.97 Å². The van der Waals surface area contributed by atoms with Gasteiger partial charge in [-0.2, -0.15) is 0 Å². The Kier molecular flexibility index (Phi) is 6.64. The molecule has 1 aromatic rings. The summed E-state index contributed by atoms with van der Waals surface area (Å²) in [5.41, 5.74) is 0.184. The summed E-state index contributed by atoms with van der Waals surface area (Å²) in [5, 5.41) is 0. The van der Waals surface area contributed by atoms with Crippen LogP contribution in [0.2, 0.25) is 0 Å². The molecule has 0 spiro atoms. The number of halogens is 1. The smallest absolute Gasteiger partial charge is 0.339 e. The Morgan fingerprint density at radius 1 is 1.35 bits per heavy atom. The molecule has 0 saturated heterocycles. The van der Waals surface area contributed by atoms with Crippen molar-refractivity contribution in [3.05, 3.63) is 28.2 Å². The number of sulfonamides is 1. The summed E-state index contributed by atoms with van der Waals surface area (Å²) in [6.07, 6.45) is 2.78. The van der Waals surface area contributed by atoms with Gasteiger partial charge in [0, 0.05) is 11.0 Å². The van der Waals surface area contributed by atoms with E-state index in [1.54, 1.807) is 0 Å². The van der Waals surface area contributed by atoms with Crippen molar-refractivity contribution in [3.8, 4) is 0 Å². The minimum Gasteiger partial charge on any atom is -0.465 e. The molecule has 5 nitrogen and oxygen atoms in total. The largest absolute Gasteiger partial charge is 0.465 e. The highest BCUT2D eigenvalue weighted by molar-refractivity contribution is 9.10. The number of methoxy groups -OCH3 is 1. The predicted octanol–water partition coefficient (Wildman–Crippen LogP) is 2.70. The molecule has 0 radical (unpaired) electrons. The average molecular weight is 364 g/mol. The van der Waals surface area contributed by atoms with E-state index in [1.807, 2.05) is 6.92 Å². The maximum Gasteiger partial charge on any atom is 0.339 e.